The first-order valence-corrected chi connectivity index (χ1v) is 30.5. The van der Waals surface area contributed by atoms with E-state index < -0.39 is 0 Å². The lowest BCUT2D eigenvalue weighted by Gasteiger charge is -2.14. The average Bonchev–Trinajstić information content (AvgIpc) is 4.29. The predicted octanol–water partition coefficient (Wildman–Crippen LogP) is 22.1. The zero-order valence-corrected chi connectivity index (χ0v) is 54.3. The van der Waals surface area contributed by atoms with Crippen LogP contribution in [0.4, 0.5) is 0 Å². The van der Waals surface area contributed by atoms with Crippen molar-refractivity contribution in [3.8, 4) is 11.1 Å². The Morgan fingerprint density at radius 1 is 0.439 bits per heavy atom. The highest BCUT2D eigenvalue weighted by atomic mass is 32.1. The Morgan fingerprint density at radius 2 is 1.12 bits per heavy atom. The van der Waals surface area contributed by atoms with Crippen LogP contribution in [-0.2, 0) is 5.41 Å². The lowest BCUT2D eigenvalue weighted by molar-refractivity contribution is 0.397. The molecule has 11 aromatic heterocycles. The van der Waals surface area contributed by atoms with E-state index in [2.05, 4.69) is 200 Å². The number of thiophene rings is 5. The van der Waals surface area contributed by atoms with Crippen LogP contribution in [0.25, 0.3) is 21.2 Å². The van der Waals surface area contributed by atoms with Gasteiger partial charge in [0.2, 0.25) is 0 Å². The topological polar surface area (TPSA) is 130 Å². The van der Waals surface area contributed by atoms with Crippen molar-refractivity contribution in [2.75, 3.05) is 0 Å². The molecule has 0 unspecified atom stereocenters. The number of fused-ring (bicyclic) bond motifs is 1. The molecule has 82 heavy (non-hydrogen) atoms. The molecular weight excluding hydrogens is 1120 g/mol. The van der Waals surface area contributed by atoms with Gasteiger partial charge in [-0.2, -0.15) is 0 Å². The molecule has 0 saturated carbocycles. The van der Waals surface area contributed by atoms with E-state index in [9.17, 15) is 0 Å². The third kappa shape index (κ3) is 32.1. The van der Waals surface area contributed by atoms with Crippen LogP contribution >= 0.6 is 56.7 Å². The maximum absolute atomic E-state index is 4.83. The van der Waals surface area contributed by atoms with Crippen molar-refractivity contribution in [1.82, 2.24) is 20.3 Å². The van der Waals surface area contributed by atoms with Gasteiger partial charge in [-0.15, -0.1) is 56.7 Å². The maximum atomic E-state index is 4.83. The Hall–Kier alpha value is -7.40. The number of nitrogens with zero attached hydrogens (tertiary/aromatic N) is 4. The van der Waals surface area contributed by atoms with Crippen molar-refractivity contribution >= 4 is 66.8 Å². The van der Waals surface area contributed by atoms with Crippen LogP contribution in [-0.4, -0.2) is 20.3 Å². The van der Waals surface area contributed by atoms with Gasteiger partial charge >= 0.3 is 0 Å². The largest absolute Gasteiger partial charge is 0.472 e. The number of furan rings is 2. The fourth-order valence-corrected chi connectivity index (χ4v) is 10.1. The molecule has 0 aliphatic heterocycles. The van der Waals surface area contributed by atoms with E-state index in [0.717, 1.165) is 28.7 Å². The molecule has 2 aromatic carbocycles. The SMILES string of the molecule is Cc1cc(-c2ccccc2)cs1.Cc1cc2ccccc2s1.Cc1ccc(C(C)(C)C)s1.Cc1ccc(C)s1.Cc1ccco1.Cc1ccno1.Cc1ccoc1.Cc1cnco1.Cc1cnoc1.Cc1csc(C)c1.Cc1ncco1. The van der Waals surface area contributed by atoms with E-state index in [0.29, 0.717) is 5.41 Å². The van der Waals surface area contributed by atoms with Gasteiger partial charge in [-0.3, -0.25) is 0 Å². The molecule has 434 valence electrons. The van der Waals surface area contributed by atoms with Gasteiger partial charge in [0.25, 0.3) is 0 Å². The normalized spacial score (nSPS) is 9.71. The van der Waals surface area contributed by atoms with Gasteiger partial charge < -0.3 is 26.7 Å². The first-order chi connectivity index (χ1) is 39.2. The van der Waals surface area contributed by atoms with Gasteiger partial charge in [-0.25, -0.2) is 9.97 Å². The molecule has 10 nitrogen and oxygen atoms in total. The van der Waals surface area contributed by atoms with Crippen LogP contribution < -0.4 is 0 Å². The van der Waals surface area contributed by atoms with Crippen molar-refractivity contribution in [1.29, 1.82) is 0 Å². The summed E-state index contributed by atoms with van der Waals surface area (Å²) in [6.45, 7) is 33.0. The molecule has 11 heterocycles. The molecule has 0 aliphatic carbocycles. The summed E-state index contributed by atoms with van der Waals surface area (Å²) in [6, 6.07) is 41.8. The number of benzene rings is 2. The van der Waals surface area contributed by atoms with Crippen LogP contribution in [0.2, 0.25) is 0 Å². The Balaban J connectivity index is 0.000000239. The predicted molar refractivity (Wildman–Crippen MR) is 348 cm³/mol. The molecule has 0 saturated heterocycles. The van der Waals surface area contributed by atoms with E-state index in [1.54, 1.807) is 91.8 Å². The fourth-order valence-electron chi connectivity index (χ4n) is 6.11. The first-order valence-electron chi connectivity index (χ1n) is 26.3. The highest BCUT2D eigenvalue weighted by Crippen LogP contribution is 2.29. The second kappa shape index (κ2) is 39.1. The Morgan fingerprint density at radius 3 is 1.43 bits per heavy atom. The zero-order valence-electron chi connectivity index (χ0n) is 50.3. The van der Waals surface area contributed by atoms with E-state index in [-0.39, 0.29) is 0 Å². The summed E-state index contributed by atoms with van der Waals surface area (Å²) in [5.74, 6) is 3.40. The van der Waals surface area contributed by atoms with Gasteiger partial charge in [0.05, 0.1) is 43.6 Å². The molecule has 15 heteroatoms. The molecule has 0 fully saturated rings. The van der Waals surface area contributed by atoms with E-state index >= 15 is 0 Å². The lowest BCUT2D eigenvalue weighted by atomic mass is 9.95. The Bertz CT molecular complexity index is 3130. The second-order valence-corrected chi connectivity index (χ2v) is 25.6. The molecule has 0 amide bonds. The van der Waals surface area contributed by atoms with Gasteiger partial charge in [-0.05, 0) is 194 Å². The highest BCUT2D eigenvalue weighted by Gasteiger charge is 2.14. The zero-order chi connectivity index (χ0) is 60.1. The van der Waals surface area contributed by atoms with Crippen LogP contribution in [0, 0.1) is 90.0 Å². The summed E-state index contributed by atoms with van der Waals surface area (Å²) in [5, 5.41) is 12.6. The molecular formula is C67H80N4O6S5. The smallest absolute Gasteiger partial charge is 0.190 e. The minimum atomic E-state index is 0.332. The van der Waals surface area contributed by atoms with Crippen LogP contribution in [0.15, 0.2) is 221 Å². The minimum Gasteiger partial charge on any atom is -0.472 e. The Labute approximate surface area is 506 Å². The average molecular weight is 1200 g/mol. The monoisotopic (exact) mass is 1200 g/mol. The molecule has 13 aromatic rings. The van der Waals surface area contributed by atoms with Crippen LogP contribution in [0.1, 0.15) is 94.8 Å². The van der Waals surface area contributed by atoms with E-state index in [1.165, 1.54) is 72.9 Å². The van der Waals surface area contributed by atoms with E-state index in [1.807, 2.05) is 92.9 Å². The van der Waals surface area contributed by atoms with Crippen molar-refractivity contribution in [2.24, 2.45) is 0 Å². The molecule has 0 aliphatic rings. The van der Waals surface area contributed by atoms with E-state index in [4.69, 9.17) is 17.7 Å². The summed E-state index contributed by atoms with van der Waals surface area (Å²) in [6.07, 6.45) is 16.2. The van der Waals surface area contributed by atoms with Crippen molar-refractivity contribution in [2.45, 2.75) is 116 Å². The summed E-state index contributed by atoms with van der Waals surface area (Å²) >= 11 is 9.19. The summed E-state index contributed by atoms with van der Waals surface area (Å²) in [5.41, 5.74) is 6.59. The van der Waals surface area contributed by atoms with Gasteiger partial charge in [0, 0.05) is 57.4 Å². The maximum Gasteiger partial charge on any atom is 0.190 e. The number of hydrogen-bond acceptors (Lipinski definition) is 15. The number of aromatic nitrogens is 4. The first kappa shape index (κ1) is 68.9. The van der Waals surface area contributed by atoms with Gasteiger partial charge in [0.1, 0.15) is 29.8 Å². The van der Waals surface area contributed by atoms with Crippen molar-refractivity contribution < 1.29 is 26.7 Å². The van der Waals surface area contributed by atoms with Gasteiger partial charge in [0.15, 0.2) is 12.3 Å². The summed E-state index contributed by atoms with van der Waals surface area (Å²) in [4.78, 5) is 17.2. The standard InChI is InChI=1S/C11H10S.C9H8S.C9H14S.2C6H8S.2C5H6O.4C4H5NO/c1-9-7-11(8-12-9)10-5-3-2-4-6-10;1-7-6-8-4-2-3-5-9(8)10-7;1-7-5-6-8(10-7)9(2,3)4;1-5-3-6(2)7-4-5;1-5-3-4-6(2)7-5;1-5-2-3-6-4-5;1-5-3-2-4-6-5;1-4-2-5-3-6-4;1-4-2-5-6-3-4;1-4-5-2-3-6-4;1-4-2-3-5-6-4/h2-8H,1H3;2-6H,1H3;5-6H,1-4H3;2*3-4H,1-2H3;2*2-4H,1H3;4*2-3H,1H3. The Kier molecular flexibility index (Phi) is 32.8. The quantitative estimate of drug-likeness (QED) is 0.157. The third-order valence-corrected chi connectivity index (χ3v) is 15.4. The summed E-state index contributed by atoms with van der Waals surface area (Å²) in [7, 11) is 0. The molecule has 0 atom stereocenters. The van der Waals surface area contributed by atoms with Crippen LogP contribution in [0.3, 0.4) is 0 Å². The molecule has 0 radical (unpaired) electrons. The van der Waals surface area contributed by atoms with Crippen molar-refractivity contribution in [3.63, 3.8) is 0 Å². The van der Waals surface area contributed by atoms with Gasteiger partial charge in [-0.1, -0.05) is 79.6 Å². The summed E-state index contributed by atoms with van der Waals surface area (Å²) < 4.78 is 29.4. The number of oxazole rings is 2. The fraction of sp³-hybridized carbons (Fsp3) is 0.254. The molecule has 13 rings (SSSR count). The highest BCUT2D eigenvalue weighted by molar-refractivity contribution is 7.19. The number of hydrogen-bond donors (Lipinski definition) is 0. The minimum absolute atomic E-state index is 0.332. The number of aryl methyl sites for hydroxylation is 13. The molecule has 0 N–H and O–H groups in total. The third-order valence-electron chi connectivity index (χ3n) is 10.2. The van der Waals surface area contributed by atoms with Crippen molar-refractivity contribution in [3.05, 3.63) is 269 Å². The molecule has 0 spiro atoms. The lowest BCUT2D eigenvalue weighted by Crippen LogP contribution is -2.07. The van der Waals surface area contributed by atoms with Crippen LogP contribution in [0.5, 0.6) is 0 Å². The second-order valence-electron chi connectivity index (χ2n) is 19.3. The number of rotatable bonds is 1. The molecule has 0 bridgehead atoms.